The van der Waals surface area contributed by atoms with Gasteiger partial charge in [0, 0.05) is 30.7 Å². The fourth-order valence-electron chi connectivity index (χ4n) is 2.07. The van der Waals surface area contributed by atoms with Crippen molar-refractivity contribution >= 4 is 11.8 Å². The smallest absolute Gasteiger partial charge is 0.0880 e. The zero-order chi connectivity index (χ0) is 13.8. The van der Waals surface area contributed by atoms with Crippen LogP contribution in [-0.2, 0) is 4.74 Å². The van der Waals surface area contributed by atoms with E-state index in [9.17, 15) is 5.11 Å². The van der Waals surface area contributed by atoms with Gasteiger partial charge >= 0.3 is 0 Å². The monoisotopic (exact) mass is 275 g/mol. The molecule has 1 fully saturated rings. The highest BCUT2D eigenvalue weighted by Gasteiger charge is 2.28. The summed E-state index contributed by atoms with van der Waals surface area (Å²) in [5.41, 5.74) is -0.445. The summed E-state index contributed by atoms with van der Waals surface area (Å²) in [6.07, 6.45) is 1.61. The van der Waals surface area contributed by atoms with Gasteiger partial charge in [0.2, 0.25) is 0 Å². The van der Waals surface area contributed by atoms with Crippen molar-refractivity contribution in [2.24, 2.45) is 0 Å². The van der Waals surface area contributed by atoms with Crippen LogP contribution >= 0.6 is 11.8 Å². The Kier molecular flexibility index (Phi) is 5.97. The number of aliphatic hydroxyl groups excluding tert-OH is 1. The third-order valence-corrected chi connectivity index (χ3v) is 5.35. The standard InChI is InChI=1S/C14H29NO2S/c1-13(2)7-9-15(10-11-18-13)8-6-12(16)14(3,4)17-5/h12,16H,6-11H2,1-5H3. The molecule has 0 amide bonds. The van der Waals surface area contributed by atoms with Gasteiger partial charge < -0.3 is 14.7 Å². The lowest BCUT2D eigenvalue weighted by molar-refractivity contribution is -0.0822. The molecule has 4 heteroatoms. The van der Waals surface area contributed by atoms with Crippen LogP contribution in [-0.4, -0.2) is 59.0 Å². The number of thioether (sulfide) groups is 1. The Balaban J connectivity index is 2.35. The van der Waals surface area contributed by atoms with Gasteiger partial charge in [-0.2, -0.15) is 11.8 Å². The van der Waals surface area contributed by atoms with Gasteiger partial charge in [0.25, 0.3) is 0 Å². The largest absolute Gasteiger partial charge is 0.390 e. The molecule has 1 rings (SSSR count). The Morgan fingerprint density at radius 2 is 2.06 bits per heavy atom. The van der Waals surface area contributed by atoms with Crippen molar-refractivity contribution in [3.8, 4) is 0 Å². The van der Waals surface area contributed by atoms with Gasteiger partial charge in [-0.25, -0.2) is 0 Å². The lowest BCUT2D eigenvalue weighted by Gasteiger charge is -2.31. The molecule has 1 saturated heterocycles. The number of aliphatic hydroxyl groups is 1. The van der Waals surface area contributed by atoms with Crippen LogP contribution in [0.15, 0.2) is 0 Å². The summed E-state index contributed by atoms with van der Waals surface area (Å²) in [5, 5.41) is 10.1. The van der Waals surface area contributed by atoms with Gasteiger partial charge in [-0.05, 0) is 33.2 Å². The average Bonchev–Trinajstić information content (AvgIpc) is 2.47. The topological polar surface area (TPSA) is 32.7 Å². The summed E-state index contributed by atoms with van der Waals surface area (Å²) in [5.74, 6) is 1.19. The molecule has 108 valence electrons. The van der Waals surface area contributed by atoms with E-state index in [1.54, 1.807) is 7.11 Å². The van der Waals surface area contributed by atoms with Crippen molar-refractivity contribution in [1.82, 2.24) is 4.90 Å². The van der Waals surface area contributed by atoms with Crippen molar-refractivity contribution in [2.45, 2.75) is 57.0 Å². The second-order valence-electron chi connectivity index (χ2n) is 6.31. The van der Waals surface area contributed by atoms with Crippen LogP contribution in [0.25, 0.3) is 0 Å². The fourth-order valence-corrected chi connectivity index (χ4v) is 3.21. The molecular weight excluding hydrogens is 246 g/mol. The van der Waals surface area contributed by atoms with Crippen LogP contribution in [0.1, 0.15) is 40.5 Å². The van der Waals surface area contributed by atoms with Crippen molar-refractivity contribution < 1.29 is 9.84 Å². The molecule has 0 aromatic heterocycles. The highest BCUT2D eigenvalue weighted by Crippen LogP contribution is 2.30. The third-order valence-electron chi connectivity index (χ3n) is 3.98. The van der Waals surface area contributed by atoms with E-state index >= 15 is 0 Å². The first-order valence-corrected chi connectivity index (χ1v) is 7.85. The highest BCUT2D eigenvalue weighted by molar-refractivity contribution is 8.00. The molecule has 1 heterocycles. The summed E-state index contributed by atoms with van der Waals surface area (Å²) in [7, 11) is 1.66. The van der Waals surface area contributed by atoms with E-state index in [-0.39, 0.29) is 0 Å². The Morgan fingerprint density at radius 1 is 1.39 bits per heavy atom. The summed E-state index contributed by atoms with van der Waals surface area (Å²) in [6.45, 7) is 11.8. The molecule has 0 spiro atoms. The Labute approximate surface area is 116 Å². The Morgan fingerprint density at radius 3 is 2.67 bits per heavy atom. The molecule has 0 aromatic rings. The number of nitrogens with zero attached hydrogens (tertiary/aromatic N) is 1. The van der Waals surface area contributed by atoms with E-state index in [0.717, 1.165) is 26.1 Å². The third kappa shape index (κ3) is 5.08. The van der Waals surface area contributed by atoms with E-state index in [4.69, 9.17) is 4.74 Å². The SMILES string of the molecule is COC(C)(C)C(O)CCN1CCSC(C)(C)CC1. The molecule has 1 aliphatic rings. The molecule has 0 aromatic carbocycles. The van der Waals surface area contributed by atoms with Crippen LogP contribution in [0.2, 0.25) is 0 Å². The van der Waals surface area contributed by atoms with E-state index < -0.39 is 11.7 Å². The molecule has 1 aliphatic heterocycles. The minimum Gasteiger partial charge on any atom is -0.390 e. The first-order chi connectivity index (χ1) is 8.27. The lowest BCUT2D eigenvalue weighted by atomic mass is 9.98. The maximum absolute atomic E-state index is 10.1. The van der Waals surface area contributed by atoms with Gasteiger partial charge in [-0.15, -0.1) is 0 Å². The molecule has 0 radical (unpaired) electrons. The average molecular weight is 275 g/mol. The highest BCUT2D eigenvalue weighted by atomic mass is 32.2. The van der Waals surface area contributed by atoms with Crippen molar-refractivity contribution in [3.05, 3.63) is 0 Å². The first kappa shape index (κ1) is 16.3. The summed E-state index contributed by atoms with van der Waals surface area (Å²) >= 11 is 2.06. The molecule has 1 unspecified atom stereocenters. The second kappa shape index (κ2) is 6.60. The van der Waals surface area contributed by atoms with Crippen molar-refractivity contribution in [2.75, 3.05) is 32.5 Å². The van der Waals surface area contributed by atoms with E-state index in [1.165, 1.54) is 12.2 Å². The number of ether oxygens (including phenoxy) is 1. The maximum atomic E-state index is 10.1. The van der Waals surface area contributed by atoms with Gasteiger partial charge in [-0.3, -0.25) is 0 Å². The normalized spacial score (nSPS) is 23.7. The predicted molar refractivity (Wildman–Crippen MR) is 79.3 cm³/mol. The molecule has 1 atom stereocenters. The van der Waals surface area contributed by atoms with E-state index in [2.05, 4.69) is 30.5 Å². The number of rotatable bonds is 5. The number of methoxy groups -OCH3 is 1. The van der Waals surface area contributed by atoms with Crippen molar-refractivity contribution in [1.29, 1.82) is 0 Å². The first-order valence-electron chi connectivity index (χ1n) is 6.86. The van der Waals surface area contributed by atoms with Gasteiger partial charge in [-0.1, -0.05) is 13.8 Å². The summed E-state index contributed by atoms with van der Waals surface area (Å²) in [4.78, 5) is 2.47. The molecular formula is C14H29NO2S. The van der Waals surface area contributed by atoms with Crippen LogP contribution < -0.4 is 0 Å². The maximum Gasteiger partial charge on any atom is 0.0880 e. The second-order valence-corrected chi connectivity index (χ2v) is 8.11. The zero-order valence-electron chi connectivity index (χ0n) is 12.5. The van der Waals surface area contributed by atoms with E-state index in [1.807, 2.05) is 13.8 Å². The van der Waals surface area contributed by atoms with Crippen molar-refractivity contribution in [3.63, 3.8) is 0 Å². The van der Waals surface area contributed by atoms with Crippen LogP contribution in [0.5, 0.6) is 0 Å². The zero-order valence-corrected chi connectivity index (χ0v) is 13.3. The quantitative estimate of drug-likeness (QED) is 0.835. The minimum absolute atomic E-state index is 0.397. The Bertz CT molecular complexity index is 256. The molecule has 0 saturated carbocycles. The van der Waals surface area contributed by atoms with E-state index in [0.29, 0.717) is 4.75 Å². The lowest BCUT2D eigenvalue weighted by Crippen LogP contribution is -2.41. The molecule has 3 nitrogen and oxygen atoms in total. The molecule has 1 N–H and O–H groups in total. The number of hydrogen-bond donors (Lipinski definition) is 1. The van der Waals surface area contributed by atoms with Gasteiger partial charge in [0.05, 0.1) is 11.7 Å². The Hall–Kier alpha value is 0.230. The summed E-state index contributed by atoms with van der Waals surface area (Å²) < 4.78 is 5.73. The predicted octanol–water partition coefficient (Wildman–Crippen LogP) is 2.38. The molecule has 0 aliphatic carbocycles. The fraction of sp³-hybridized carbons (Fsp3) is 1.00. The van der Waals surface area contributed by atoms with Crippen LogP contribution in [0, 0.1) is 0 Å². The summed E-state index contributed by atoms with van der Waals surface area (Å²) in [6, 6.07) is 0. The van der Waals surface area contributed by atoms with Gasteiger partial charge in [0.15, 0.2) is 0 Å². The van der Waals surface area contributed by atoms with Crippen LogP contribution in [0.4, 0.5) is 0 Å². The minimum atomic E-state index is -0.445. The van der Waals surface area contributed by atoms with Gasteiger partial charge in [0.1, 0.15) is 0 Å². The molecule has 0 bridgehead atoms. The molecule has 18 heavy (non-hydrogen) atoms. The van der Waals surface area contributed by atoms with Crippen LogP contribution in [0.3, 0.4) is 0 Å². The number of hydrogen-bond acceptors (Lipinski definition) is 4.